The molecule has 21 heavy (non-hydrogen) atoms. The van der Waals surface area contributed by atoms with Crippen LogP contribution in [0.4, 0.5) is 5.82 Å². The molecule has 6 heteroatoms. The number of carbonyl (C=O) groups is 1. The maximum absolute atomic E-state index is 12.0. The van der Waals surface area contributed by atoms with Crippen LogP contribution in [-0.2, 0) is 11.8 Å². The van der Waals surface area contributed by atoms with Crippen molar-refractivity contribution in [3.63, 3.8) is 0 Å². The molecular weight excluding hydrogens is 270 g/mol. The Bertz CT molecular complexity index is 721. The van der Waals surface area contributed by atoms with E-state index in [1.54, 1.807) is 30.0 Å². The molecule has 0 saturated heterocycles. The van der Waals surface area contributed by atoms with Gasteiger partial charge in [0.1, 0.15) is 17.3 Å². The number of hydrogen-bond acceptors (Lipinski definition) is 4. The van der Waals surface area contributed by atoms with E-state index in [0.717, 1.165) is 22.6 Å². The normalized spacial score (nSPS) is 17.3. The van der Waals surface area contributed by atoms with Crippen molar-refractivity contribution >= 4 is 11.7 Å². The second-order valence-corrected chi connectivity index (χ2v) is 5.20. The Labute approximate surface area is 122 Å². The molecule has 0 fully saturated rings. The molecular formula is C15H17N3O3. The van der Waals surface area contributed by atoms with Gasteiger partial charge >= 0.3 is 0 Å². The standard InChI is InChI=1S/C15H17N3O3/c1-8-14-11(7-13(20)16-15(14)18(2)17-8)10-5-4-9(19)6-12(10)21-3/h4-6,11,19H,7H2,1-3H3,(H,16,20). The summed E-state index contributed by atoms with van der Waals surface area (Å²) in [5, 5.41) is 16.9. The molecule has 1 aliphatic heterocycles. The third-order valence-electron chi connectivity index (χ3n) is 3.86. The number of aromatic nitrogens is 2. The van der Waals surface area contributed by atoms with Gasteiger partial charge < -0.3 is 15.2 Å². The van der Waals surface area contributed by atoms with Gasteiger partial charge in [0.2, 0.25) is 5.91 Å². The zero-order chi connectivity index (χ0) is 15.1. The number of benzene rings is 1. The van der Waals surface area contributed by atoms with Crippen LogP contribution >= 0.6 is 0 Å². The van der Waals surface area contributed by atoms with Crippen molar-refractivity contribution < 1.29 is 14.6 Å². The van der Waals surface area contributed by atoms with E-state index in [4.69, 9.17) is 4.74 Å². The topological polar surface area (TPSA) is 76.4 Å². The molecule has 0 bridgehead atoms. The smallest absolute Gasteiger partial charge is 0.226 e. The van der Waals surface area contributed by atoms with Crippen LogP contribution in [0.25, 0.3) is 0 Å². The number of rotatable bonds is 2. The van der Waals surface area contributed by atoms with Gasteiger partial charge in [0.25, 0.3) is 0 Å². The third kappa shape index (κ3) is 2.12. The van der Waals surface area contributed by atoms with Crippen LogP contribution in [0.15, 0.2) is 18.2 Å². The van der Waals surface area contributed by atoms with Gasteiger partial charge in [0.05, 0.1) is 12.8 Å². The van der Waals surface area contributed by atoms with Crippen molar-refractivity contribution in [3.8, 4) is 11.5 Å². The predicted octanol–water partition coefficient (Wildman–Crippen LogP) is 1.92. The number of ether oxygens (including phenoxy) is 1. The van der Waals surface area contributed by atoms with E-state index < -0.39 is 0 Å². The van der Waals surface area contributed by atoms with E-state index in [1.807, 2.05) is 14.0 Å². The van der Waals surface area contributed by atoms with Gasteiger partial charge in [0.15, 0.2) is 0 Å². The van der Waals surface area contributed by atoms with Crippen LogP contribution in [0.1, 0.15) is 29.2 Å². The summed E-state index contributed by atoms with van der Waals surface area (Å²) >= 11 is 0. The Morgan fingerprint density at radius 2 is 2.24 bits per heavy atom. The number of fused-ring (bicyclic) bond motifs is 1. The van der Waals surface area contributed by atoms with Gasteiger partial charge in [-0.2, -0.15) is 5.10 Å². The van der Waals surface area contributed by atoms with Crippen LogP contribution in [0.5, 0.6) is 11.5 Å². The molecule has 110 valence electrons. The van der Waals surface area contributed by atoms with E-state index in [1.165, 1.54) is 0 Å². The van der Waals surface area contributed by atoms with Crippen LogP contribution in [-0.4, -0.2) is 27.9 Å². The van der Waals surface area contributed by atoms with Gasteiger partial charge in [0, 0.05) is 36.6 Å². The molecule has 3 rings (SSSR count). The summed E-state index contributed by atoms with van der Waals surface area (Å²) in [7, 11) is 3.36. The third-order valence-corrected chi connectivity index (χ3v) is 3.86. The van der Waals surface area contributed by atoms with Crippen molar-refractivity contribution in [3.05, 3.63) is 35.0 Å². The van der Waals surface area contributed by atoms with Gasteiger partial charge in [-0.05, 0) is 13.0 Å². The van der Waals surface area contributed by atoms with Crippen molar-refractivity contribution in [2.75, 3.05) is 12.4 Å². The summed E-state index contributed by atoms with van der Waals surface area (Å²) in [6.45, 7) is 1.93. The number of carbonyl (C=O) groups excluding carboxylic acids is 1. The van der Waals surface area contributed by atoms with E-state index in [-0.39, 0.29) is 17.6 Å². The summed E-state index contributed by atoms with van der Waals surface area (Å²) in [5.41, 5.74) is 2.76. The van der Waals surface area contributed by atoms with Crippen LogP contribution in [0.2, 0.25) is 0 Å². The molecule has 0 spiro atoms. The highest BCUT2D eigenvalue weighted by molar-refractivity contribution is 5.94. The maximum Gasteiger partial charge on any atom is 0.226 e. The fraction of sp³-hybridized carbons (Fsp3) is 0.333. The highest BCUT2D eigenvalue weighted by Crippen LogP contribution is 2.42. The van der Waals surface area contributed by atoms with Gasteiger partial charge in [-0.1, -0.05) is 6.07 Å². The molecule has 1 aromatic heterocycles. The molecule has 0 aliphatic carbocycles. The Morgan fingerprint density at radius 1 is 1.48 bits per heavy atom. The van der Waals surface area contributed by atoms with Crippen molar-refractivity contribution in [2.24, 2.45) is 7.05 Å². The molecule has 1 aromatic carbocycles. The number of hydrogen-bond donors (Lipinski definition) is 2. The molecule has 0 saturated carbocycles. The van der Waals surface area contributed by atoms with E-state index in [2.05, 4.69) is 10.4 Å². The number of aryl methyl sites for hydroxylation is 2. The second kappa shape index (κ2) is 4.80. The number of methoxy groups -OCH3 is 1. The van der Waals surface area contributed by atoms with E-state index in [0.29, 0.717) is 12.2 Å². The number of phenols is 1. The first kappa shape index (κ1) is 13.5. The monoisotopic (exact) mass is 287 g/mol. The van der Waals surface area contributed by atoms with Crippen LogP contribution in [0, 0.1) is 6.92 Å². The van der Waals surface area contributed by atoms with Gasteiger partial charge in [-0.15, -0.1) is 0 Å². The number of nitrogens with one attached hydrogen (secondary N) is 1. The zero-order valence-electron chi connectivity index (χ0n) is 12.2. The minimum absolute atomic E-state index is 0.0503. The molecule has 0 radical (unpaired) electrons. The first-order chi connectivity index (χ1) is 10.0. The van der Waals surface area contributed by atoms with Gasteiger partial charge in [-0.25, -0.2) is 0 Å². The lowest BCUT2D eigenvalue weighted by atomic mass is 9.85. The first-order valence-corrected chi connectivity index (χ1v) is 6.71. The predicted molar refractivity (Wildman–Crippen MR) is 77.7 cm³/mol. The number of amides is 1. The Morgan fingerprint density at radius 3 is 2.95 bits per heavy atom. The lowest BCUT2D eigenvalue weighted by molar-refractivity contribution is -0.116. The van der Waals surface area contributed by atoms with Crippen molar-refractivity contribution in [1.29, 1.82) is 0 Å². The average molecular weight is 287 g/mol. The number of anilines is 1. The summed E-state index contributed by atoms with van der Waals surface area (Å²) in [6.07, 6.45) is 0.334. The summed E-state index contributed by atoms with van der Waals surface area (Å²) in [6, 6.07) is 4.97. The largest absolute Gasteiger partial charge is 0.508 e. The first-order valence-electron chi connectivity index (χ1n) is 6.71. The Kier molecular flexibility index (Phi) is 3.08. The van der Waals surface area contributed by atoms with Crippen LogP contribution < -0.4 is 10.1 Å². The minimum atomic E-state index is -0.127. The number of aromatic hydroxyl groups is 1. The molecule has 2 heterocycles. The SMILES string of the molecule is COc1cc(O)ccc1C1CC(=O)Nc2c1c(C)nn2C. The van der Waals surface area contributed by atoms with Crippen molar-refractivity contribution in [2.45, 2.75) is 19.3 Å². The van der Waals surface area contributed by atoms with Crippen molar-refractivity contribution in [1.82, 2.24) is 9.78 Å². The lowest BCUT2D eigenvalue weighted by Gasteiger charge is -2.25. The molecule has 2 aromatic rings. The second-order valence-electron chi connectivity index (χ2n) is 5.20. The number of nitrogens with zero attached hydrogens (tertiary/aromatic N) is 2. The Balaban J connectivity index is 2.18. The summed E-state index contributed by atoms with van der Waals surface area (Å²) in [5.74, 6) is 1.26. The summed E-state index contributed by atoms with van der Waals surface area (Å²) in [4.78, 5) is 12.0. The highest BCUT2D eigenvalue weighted by atomic mass is 16.5. The minimum Gasteiger partial charge on any atom is -0.508 e. The summed E-state index contributed by atoms with van der Waals surface area (Å²) < 4.78 is 7.04. The number of phenolic OH excluding ortho intramolecular Hbond substituents is 1. The molecule has 1 amide bonds. The van der Waals surface area contributed by atoms with E-state index >= 15 is 0 Å². The fourth-order valence-corrected chi connectivity index (χ4v) is 2.96. The zero-order valence-corrected chi connectivity index (χ0v) is 12.2. The Hall–Kier alpha value is -2.50. The van der Waals surface area contributed by atoms with Gasteiger partial charge in [-0.3, -0.25) is 9.48 Å². The molecule has 1 atom stereocenters. The fourth-order valence-electron chi connectivity index (χ4n) is 2.96. The maximum atomic E-state index is 12.0. The molecule has 2 N–H and O–H groups in total. The quantitative estimate of drug-likeness (QED) is 0.884. The molecule has 1 aliphatic rings. The van der Waals surface area contributed by atoms with E-state index in [9.17, 15) is 9.90 Å². The highest BCUT2D eigenvalue weighted by Gasteiger charge is 2.33. The lowest BCUT2D eigenvalue weighted by Crippen LogP contribution is -2.24. The average Bonchev–Trinajstić information content (AvgIpc) is 2.73. The molecule has 1 unspecified atom stereocenters. The molecule has 6 nitrogen and oxygen atoms in total. The van der Waals surface area contributed by atoms with Crippen LogP contribution in [0.3, 0.4) is 0 Å².